The third-order valence-electron chi connectivity index (χ3n) is 2.80. The monoisotopic (exact) mass is 318 g/mol. The number of methoxy groups -OCH3 is 1. The number of hydrazine groups is 1. The van der Waals surface area contributed by atoms with Crippen molar-refractivity contribution in [3.63, 3.8) is 0 Å². The van der Waals surface area contributed by atoms with Gasteiger partial charge in [0.05, 0.1) is 11.2 Å². The second kappa shape index (κ2) is 4.67. The van der Waals surface area contributed by atoms with Gasteiger partial charge in [0.2, 0.25) is 0 Å². The minimum absolute atomic E-state index is 0.436. The molecule has 1 fully saturated rings. The molecular formula is C11H15IN2O. The molecule has 1 aromatic carbocycles. The van der Waals surface area contributed by atoms with Crippen LogP contribution in [-0.2, 0) is 0 Å². The van der Waals surface area contributed by atoms with Gasteiger partial charge in [-0.15, -0.1) is 0 Å². The van der Waals surface area contributed by atoms with E-state index in [1.165, 1.54) is 5.56 Å². The highest BCUT2D eigenvalue weighted by Crippen LogP contribution is 2.31. The van der Waals surface area contributed by atoms with E-state index in [-0.39, 0.29) is 0 Å². The smallest absolute Gasteiger partial charge is 0.118 e. The molecule has 3 nitrogen and oxygen atoms in total. The Kier molecular flexibility index (Phi) is 3.48. The number of ether oxygens (including phenoxy) is 1. The van der Waals surface area contributed by atoms with E-state index in [1.807, 2.05) is 12.1 Å². The second-order valence-electron chi connectivity index (χ2n) is 3.78. The van der Waals surface area contributed by atoms with Crippen LogP contribution in [0.5, 0.6) is 5.75 Å². The Balaban J connectivity index is 2.21. The highest BCUT2D eigenvalue weighted by molar-refractivity contribution is 14.1. The summed E-state index contributed by atoms with van der Waals surface area (Å²) in [5.74, 6) is 1.42. The Bertz CT molecular complexity index is 318. The van der Waals surface area contributed by atoms with Crippen LogP contribution < -0.4 is 15.6 Å². The number of halogens is 1. The normalized spacial score (nSPS) is 30.5. The van der Waals surface area contributed by atoms with E-state index in [2.05, 4.69) is 52.5 Å². The summed E-state index contributed by atoms with van der Waals surface area (Å²) in [4.78, 5) is 0. The Morgan fingerprint density at radius 2 is 1.87 bits per heavy atom. The summed E-state index contributed by atoms with van der Waals surface area (Å²) in [5.41, 5.74) is 7.86. The van der Waals surface area contributed by atoms with Gasteiger partial charge in [-0.3, -0.25) is 5.43 Å². The van der Waals surface area contributed by atoms with Crippen molar-refractivity contribution >= 4 is 22.6 Å². The van der Waals surface area contributed by atoms with Gasteiger partial charge in [0.1, 0.15) is 5.75 Å². The average molecular weight is 318 g/mol. The molecule has 82 valence electrons. The molecule has 1 aliphatic rings. The van der Waals surface area contributed by atoms with Crippen molar-refractivity contribution in [1.82, 2.24) is 10.9 Å². The van der Waals surface area contributed by atoms with Crippen LogP contribution in [0, 0.1) is 0 Å². The van der Waals surface area contributed by atoms with Gasteiger partial charge in [0.15, 0.2) is 0 Å². The van der Waals surface area contributed by atoms with Crippen molar-refractivity contribution in [2.75, 3.05) is 7.11 Å². The molecule has 0 saturated carbocycles. The maximum Gasteiger partial charge on any atom is 0.118 e. The summed E-state index contributed by atoms with van der Waals surface area (Å²) < 4.78 is 5.59. The van der Waals surface area contributed by atoms with Crippen molar-refractivity contribution < 1.29 is 4.74 Å². The third kappa shape index (κ3) is 2.26. The van der Waals surface area contributed by atoms with E-state index in [1.54, 1.807) is 7.11 Å². The number of rotatable bonds is 2. The maximum absolute atomic E-state index is 5.15. The minimum atomic E-state index is 0.436. The number of nitrogens with one attached hydrogen (secondary N) is 2. The van der Waals surface area contributed by atoms with E-state index >= 15 is 0 Å². The van der Waals surface area contributed by atoms with Gasteiger partial charge in [-0.05, 0) is 24.6 Å². The SMILES string of the molecule is COc1ccc(C2C(C)NNC2I)cc1. The van der Waals surface area contributed by atoms with Crippen molar-refractivity contribution in [2.24, 2.45) is 0 Å². The first kappa shape index (κ1) is 11.2. The van der Waals surface area contributed by atoms with Gasteiger partial charge in [-0.2, -0.15) is 0 Å². The largest absolute Gasteiger partial charge is 0.497 e. The van der Waals surface area contributed by atoms with Crippen molar-refractivity contribution in [3.05, 3.63) is 29.8 Å². The quantitative estimate of drug-likeness (QED) is 0.497. The summed E-state index contributed by atoms with van der Waals surface area (Å²) in [6.45, 7) is 2.20. The van der Waals surface area contributed by atoms with Gasteiger partial charge in [-0.1, -0.05) is 34.7 Å². The molecule has 3 unspecified atom stereocenters. The van der Waals surface area contributed by atoms with E-state index in [9.17, 15) is 0 Å². The molecule has 15 heavy (non-hydrogen) atoms. The third-order valence-corrected chi connectivity index (χ3v) is 3.89. The lowest BCUT2D eigenvalue weighted by atomic mass is 9.94. The lowest BCUT2D eigenvalue weighted by molar-refractivity contribution is 0.414. The molecule has 4 heteroatoms. The molecule has 1 aliphatic heterocycles. The molecule has 2 rings (SSSR count). The maximum atomic E-state index is 5.15. The molecule has 0 aliphatic carbocycles. The van der Waals surface area contributed by atoms with Gasteiger partial charge >= 0.3 is 0 Å². The van der Waals surface area contributed by atoms with Crippen LogP contribution >= 0.6 is 22.6 Å². The Morgan fingerprint density at radius 3 is 2.33 bits per heavy atom. The van der Waals surface area contributed by atoms with Crippen LogP contribution in [0.2, 0.25) is 0 Å². The standard InChI is InChI=1S/C11H15IN2O/c1-7-10(11(12)14-13-7)8-3-5-9(15-2)6-4-8/h3-7,10-11,13-14H,1-2H3. The highest BCUT2D eigenvalue weighted by atomic mass is 127. The van der Waals surface area contributed by atoms with Gasteiger partial charge < -0.3 is 4.74 Å². The number of benzene rings is 1. The fraction of sp³-hybridized carbons (Fsp3) is 0.455. The summed E-state index contributed by atoms with van der Waals surface area (Å²) in [6.07, 6.45) is 0. The minimum Gasteiger partial charge on any atom is -0.497 e. The molecule has 0 radical (unpaired) electrons. The van der Waals surface area contributed by atoms with Crippen LogP contribution in [0.25, 0.3) is 0 Å². The van der Waals surface area contributed by atoms with Crippen molar-refractivity contribution in [1.29, 1.82) is 0 Å². The van der Waals surface area contributed by atoms with Crippen LogP contribution in [-0.4, -0.2) is 17.2 Å². The van der Waals surface area contributed by atoms with Crippen LogP contribution in [0.4, 0.5) is 0 Å². The summed E-state index contributed by atoms with van der Waals surface area (Å²) in [6, 6.07) is 8.77. The molecule has 0 amide bonds. The van der Waals surface area contributed by atoms with E-state index in [4.69, 9.17) is 4.74 Å². The zero-order valence-electron chi connectivity index (χ0n) is 8.83. The van der Waals surface area contributed by atoms with Crippen molar-refractivity contribution in [2.45, 2.75) is 22.9 Å². The molecule has 0 spiro atoms. The van der Waals surface area contributed by atoms with Gasteiger partial charge in [0.25, 0.3) is 0 Å². The summed E-state index contributed by atoms with van der Waals surface area (Å²) >= 11 is 2.43. The zero-order chi connectivity index (χ0) is 10.8. The van der Waals surface area contributed by atoms with E-state index in [0.717, 1.165) is 5.75 Å². The molecule has 1 aromatic rings. The first-order valence-corrected chi connectivity index (χ1v) is 6.26. The Morgan fingerprint density at radius 1 is 1.20 bits per heavy atom. The predicted octanol–water partition coefficient (Wildman–Crippen LogP) is 2.04. The molecule has 1 heterocycles. The van der Waals surface area contributed by atoms with Crippen LogP contribution in [0.15, 0.2) is 24.3 Å². The fourth-order valence-corrected chi connectivity index (χ4v) is 3.15. The predicted molar refractivity (Wildman–Crippen MR) is 69.3 cm³/mol. The first-order valence-electron chi connectivity index (χ1n) is 5.01. The van der Waals surface area contributed by atoms with E-state index in [0.29, 0.717) is 16.0 Å². The summed E-state index contributed by atoms with van der Waals surface area (Å²) in [5, 5.41) is 0. The Labute approximate surface area is 104 Å². The number of alkyl halides is 1. The lowest BCUT2D eigenvalue weighted by Crippen LogP contribution is -2.29. The Hall–Kier alpha value is -0.330. The van der Waals surface area contributed by atoms with Gasteiger partial charge in [0, 0.05) is 12.0 Å². The zero-order valence-corrected chi connectivity index (χ0v) is 11.0. The van der Waals surface area contributed by atoms with Crippen LogP contribution in [0.3, 0.4) is 0 Å². The molecule has 1 saturated heterocycles. The molecular weight excluding hydrogens is 303 g/mol. The highest BCUT2D eigenvalue weighted by Gasteiger charge is 2.32. The van der Waals surface area contributed by atoms with Crippen LogP contribution in [0.1, 0.15) is 18.4 Å². The lowest BCUT2D eigenvalue weighted by Gasteiger charge is -2.17. The fourth-order valence-electron chi connectivity index (χ4n) is 1.93. The average Bonchev–Trinajstić information content (AvgIpc) is 2.59. The number of hydrogen-bond acceptors (Lipinski definition) is 3. The first-order chi connectivity index (χ1) is 7.22. The topological polar surface area (TPSA) is 33.3 Å². The molecule has 0 bridgehead atoms. The molecule has 0 aromatic heterocycles. The van der Waals surface area contributed by atoms with Crippen molar-refractivity contribution in [3.8, 4) is 5.75 Å². The number of hydrogen-bond donors (Lipinski definition) is 2. The molecule has 3 atom stereocenters. The summed E-state index contributed by atoms with van der Waals surface area (Å²) in [7, 11) is 1.69. The molecule has 2 N–H and O–H groups in total. The van der Waals surface area contributed by atoms with Gasteiger partial charge in [-0.25, -0.2) is 5.43 Å². The second-order valence-corrected chi connectivity index (χ2v) is 5.12. The van der Waals surface area contributed by atoms with E-state index < -0.39 is 0 Å².